The summed E-state index contributed by atoms with van der Waals surface area (Å²) in [5, 5.41) is 8.60. The number of carbonyl (C=O) groups excluding carboxylic acids is 1. The second-order valence-corrected chi connectivity index (χ2v) is 2.19. The lowest BCUT2D eigenvalue weighted by Gasteiger charge is -1.97. The second-order valence-electron chi connectivity index (χ2n) is 2.19. The molecule has 0 aliphatic heterocycles. The van der Waals surface area contributed by atoms with Crippen molar-refractivity contribution in [2.45, 2.75) is 6.92 Å². The summed E-state index contributed by atoms with van der Waals surface area (Å²) in [7, 11) is 0. The quantitative estimate of drug-likeness (QED) is 0.567. The lowest BCUT2D eigenvalue weighted by molar-refractivity contribution is 0.112. The molecule has 0 amide bonds. The monoisotopic (exact) mass is 147 g/mol. The van der Waals surface area contributed by atoms with Crippen molar-refractivity contribution in [3.63, 3.8) is 0 Å². The Balaban J connectivity index is 3.35. The van der Waals surface area contributed by atoms with Gasteiger partial charge in [0.05, 0.1) is 11.6 Å². The molecule has 0 saturated heterocycles. The van der Waals surface area contributed by atoms with Crippen LogP contribution in [0.3, 0.4) is 0 Å². The van der Waals surface area contributed by atoms with E-state index < -0.39 is 6.26 Å². The number of nitrogens with zero attached hydrogens (tertiary/aromatic N) is 1. The van der Waals surface area contributed by atoms with Gasteiger partial charge in [0.2, 0.25) is 0 Å². The van der Waals surface area contributed by atoms with E-state index in [4.69, 9.17) is 6.63 Å². The van der Waals surface area contributed by atoms with Gasteiger partial charge in [0.1, 0.15) is 7.63 Å². The third-order valence-electron chi connectivity index (χ3n) is 1.56. The van der Waals surface area contributed by atoms with Crippen LogP contribution < -0.4 is 0 Å². The highest BCUT2D eigenvalue weighted by Gasteiger charge is 2.00. The molecular formula is C9H7NO. The maximum Gasteiger partial charge on any atom is 0.150 e. The van der Waals surface area contributed by atoms with E-state index in [0.717, 1.165) is 0 Å². The van der Waals surface area contributed by atoms with Gasteiger partial charge in [0, 0.05) is 5.56 Å². The molecule has 0 bridgehead atoms. The first kappa shape index (κ1) is 6.11. The Morgan fingerprint density at radius 1 is 1.73 bits per heavy atom. The van der Waals surface area contributed by atoms with E-state index in [1.807, 2.05) is 6.07 Å². The van der Waals surface area contributed by atoms with Gasteiger partial charge in [0.15, 0.2) is 0 Å². The number of nitriles is 1. The van der Waals surface area contributed by atoms with E-state index in [-0.39, 0.29) is 0 Å². The van der Waals surface area contributed by atoms with Crippen LogP contribution in [0.5, 0.6) is 0 Å². The molecule has 0 fully saturated rings. The first-order valence-electron chi connectivity index (χ1n) is 3.67. The fourth-order valence-electron chi connectivity index (χ4n) is 0.867. The van der Waals surface area contributed by atoms with Gasteiger partial charge in [-0.25, -0.2) is 0 Å². The zero-order valence-electron chi connectivity index (χ0n) is 7.09. The molecule has 11 heavy (non-hydrogen) atoms. The van der Waals surface area contributed by atoms with Crippen molar-refractivity contribution in [1.82, 2.24) is 0 Å². The van der Waals surface area contributed by atoms with Gasteiger partial charge >= 0.3 is 0 Å². The molecule has 0 heterocycles. The van der Waals surface area contributed by atoms with Crippen molar-refractivity contribution in [1.29, 1.82) is 5.26 Å². The third kappa shape index (κ3) is 1.27. The average Bonchev–Trinajstić information content (AvgIpc) is 2.04. The molecule has 1 aromatic carbocycles. The van der Waals surface area contributed by atoms with Gasteiger partial charge in [0.25, 0.3) is 0 Å². The van der Waals surface area contributed by atoms with Crippen LogP contribution in [0.1, 0.15) is 22.9 Å². The van der Waals surface area contributed by atoms with Crippen LogP contribution in [0.2, 0.25) is 0 Å². The van der Waals surface area contributed by atoms with Crippen molar-refractivity contribution < 1.29 is 6.17 Å². The van der Waals surface area contributed by atoms with Crippen molar-refractivity contribution in [3.8, 4) is 6.07 Å². The summed E-state index contributed by atoms with van der Waals surface area (Å²) in [4.78, 5) is 10.7. The van der Waals surface area contributed by atoms with Gasteiger partial charge in [-0.05, 0) is 18.6 Å². The highest BCUT2D eigenvalue weighted by molar-refractivity contribution is 5.78. The van der Waals surface area contributed by atoms with E-state index in [0.29, 0.717) is 16.7 Å². The molecule has 1 aromatic rings. The normalized spacial score (nSPS) is 10.0. The molecule has 0 aliphatic rings. The minimum atomic E-state index is -0.746. The zero-order chi connectivity index (χ0) is 9.14. The maximum absolute atomic E-state index is 10.7. The maximum atomic E-state index is 10.7. The van der Waals surface area contributed by atoms with Gasteiger partial charge in [-0.1, -0.05) is 12.1 Å². The molecule has 2 heteroatoms. The number of hydrogen-bond donors (Lipinski definition) is 0. The summed E-state index contributed by atoms with van der Waals surface area (Å²) < 4.78 is 6.88. The topological polar surface area (TPSA) is 40.9 Å². The first-order valence-corrected chi connectivity index (χ1v) is 3.17. The lowest BCUT2D eigenvalue weighted by Crippen LogP contribution is -1.89. The molecule has 0 saturated carbocycles. The van der Waals surface area contributed by atoms with E-state index in [1.165, 1.54) is 0 Å². The predicted molar refractivity (Wildman–Crippen MR) is 41.3 cm³/mol. The van der Waals surface area contributed by atoms with Crippen molar-refractivity contribution in [2.75, 3.05) is 0 Å². The Morgan fingerprint density at radius 2 is 2.45 bits per heavy atom. The van der Waals surface area contributed by atoms with Crippen molar-refractivity contribution in [3.05, 3.63) is 34.9 Å². The molecular weight excluding hydrogens is 138 g/mol. The van der Waals surface area contributed by atoms with Crippen LogP contribution in [0.4, 0.5) is 0 Å². The minimum Gasteiger partial charge on any atom is -0.298 e. The first-order chi connectivity index (χ1) is 5.66. The summed E-state index contributed by atoms with van der Waals surface area (Å²) in [6, 6.07) is 6.73. The van der Waals surface area contributed by atoms with E-state index in [2.05, 4.69) is 0 Å². The van der Waals surface area contributed by atoms with Crippen molar-refractivity contribution in [2.24, 2.45) is 0 Å². The summed E-state index contributed by atoms with van der Waals surface area (Å²) in [6.45, 7) is 1.67. The molecule has 54 valence electrons. The summed E-state index contributed by atoms with van der Waals surface area (Å²) in [5.74, 6) is 0. The zero-order valence-corrected chi connectivity index (χ0v) is 6.09. The molecule has 0 aliphatic carbocycles. The highest BCUT2D eigenvalue weighted by atomic mass is 16.1. The predicted octanol–water partition coefficient (Wildman–Crippen LogP) is 1.68. The van der Waals surface area contributed by atoms with Crippen LogP contribution >= 0.6 is 0 Å². The summed E-state index contributed by atoms with van der Waals surface area (Å²) in [6.07, 6.45) is -0.746. The Labute approximate surface area is 66.5 Å². The molecule has 1 rings (SSSR count). The number of rotatable bonds is 1. The smallest absolute Gasteiger partial charge is 0.150 e. The number of carbonyl (C=O) groups is 1. The van der Waals surface area contributed by atoms with Gasteiger partial charge in [-0.15, -0.1) is 0 Å². The third-order valence-corrected chi connectivity index (χ3v) is 1.56. The fraction of sp³-hybridized carbons (Fsp3) is 0.111. The number of hydrogen-bond acceptors (Lipinski definition) is 2. The molecule has 0 aromatic heterocycles. The molecule has 0 N–H and O–H groups in total. The number of benzene rings is 1. The Hall–Kier alpha value is -1.62. The van der Waals surface area contributed by atoms with Crippen LogP contribution in [0.25, 0.3) is 0 Å². The Bertz CT molecular complexity index is 365. The van der Waals surface area contributed by atoms with E-state index in [9.17, 15) is 4.79 Å². The molecule has 0 radical (unpaired) electrons. The average molecular weight is 147 g/mol. The SMILES string of the molecule is [3H]C(=O)c1cccc(C#N)c1C. The minimum absolute atomic E-state index is 0.300. The number of aldehydes is 1. The molecule has 0 unspecified atom stereocenters. The summed E-state index contributed by atoms with van der Waals surface area (Å²) in [5.41, 5.74) is 1.34. The van der Waals surface area contributed by atoms with Crippen LogP contribution in [0.15, 0.2) is 18.2 Å². The molecule has 0 atom stereocenters. The van der Waals surface area contributed by atoms with Gasteiger partial charge in [-0.2, -0.15) is 5.26 Å². The molecule has 0 spiro atoms. The largest absolute Gasteiger partial charge is 0.298 e. The van der Waals surface area contributed by atoms with E-state index in [1.54, 1.807) is 25.1 Å². The molecule has 2 nitrogen and oxygen atoms in total. The fourth-order valence-corrected chi connectivity index (χ4v) is 0.867. The summed E-state index contributed by atoms with van der Waals surface area (Å²) >= 11 is 0. The second kappa shape index (κ2) is 2.98. The lowest BCUT2D eigenvalue weighted by atomic mass is 10.0. The van der Waals surface area contributed by atoms with Crippen LogP contribution in [-0.2, 0) is 0 Å². The van der Waals surface area contributed by atoms with Crippen LogP contribution in [-0.4, -0.2) is 6.26 Å². The van der Waals surface area contributed by atoms with Crippen molar-refractivity contribution >= 4 is 6.26 Å². The Morgan fingerprint density at radius 3 is 3.00 bits per heavy atom. The highest BCUT2D eigenvalue weighted by Crippen LogP contribution is 2.09. The van der Waals surface area contributed by atoms with Gasteiger partial charge < -0.3 is 0 Å². The standard InChI is InChI=1S/C9H7NO/c1-7-8(5-10)3-2-4-9(7)6-11/h2-4,6H,1H3/i6T. The van der Waals surface area contributed by atoms with Gasteiger partial charge in [-0.3, -0.25) is 4.79 Å². The Kier molecular flexibility index (Phi) is 1.66. The van der Waals surface area contributed by atoms with Crippen LogP contribution in [0, 0.1) is 18.3 Å². The van der Waals surface area contributed by atoms with E-state index >= 15 is 0 Å².